The zero-order valence-corrected chi connectivity index (χ0v) is 10.1. The fourth-order valence-electron chi connectivity index (χ4n) is 1.94. The first-order valence-corrected chi connectivity index (χ1v) is 5.62. The Kier molecular flexibility index (Phi) is 3.79. The van der Waals surface area contributed by atoms with Crippen molar-refractivity contribution in [1.29, 1.82) is 0 Å². The van der Waals surface area contributed by atoms with E-state index in [1.807, 2.05) is 18.2 Å². The summed E-state index contributed by atoms with van der Waals surface area (Å²) in [6.07, 6.45) is 7.44. The summed E-state index contributed by atoms with van der Waals surface area (Å²) in [6, 6.07) is 7.08. The summed E-state index contributed by atoms with van der Waals surface area (Å²) in [5.74, 6) is 0. The third-order valence-corrected chi connectivity index (χ3v) is 2.76. The zero-order valence-electron chi connectivity index (χ0n) is 10.1. The Hall–Kier alpha value is -2.80. The molecule has 0 atom stereocenters. The summed E-state index contributed by atoms with van der Waals surface area (Å²) in [7, 11) is 0. The number of isocyanates is 2. The van der Waals surface area contributed by atoms with Crippen LogP contribution in [0, 0.1) is 0 Å². The average Bonchev–Trinajstić information content (AvgIpc) is 2.42. The Morgan fingerprint density at radius 2 is 1.84 bits per heavy atom. The minimum absolute atomic E-state index is 0.477. The molecule has 0 amide bonds. The highest BCUT2D eigenvalue weighted by molar-refractivity contribution is 5.87. The highest BCUT2D eigenvalue weighted by atomic mass is 16.1. The van der Waals surface area contributed by atoms with E-state index in [0.717, 1.165) is 5.57 Å². The first-order valence-electron chi connectivity index (χ1n) is 5.62. The summed E-state index contributed by atoms with van der Waals surface area (Å²) in [6.45, 7) is 3.88. The Balaban J connectivity index is 2.71. The van der Waals surface area contributed by atoms with Crippen LogP contribution in [0.4, 0.5) is 5.69 Å². The lowest BCUT2D eigenvalue weighted by Gasteiger charge is -2.14. The highest BCUT2D eigenvalue weighted by Gasteiger charge is 2.15. The van der Waals surface area contributed by atoms with Crippen molar-refractivity contribution in [3.8, 4) is 0 Å². The van der Waals surface area contributed by atoms with E-state index in [9.17, 15) is 9.59 Å². The quantitative estimate of drug-likeness (QED) is 0.610. The van der Waals surface area contributed by atoms with Gasteiger partial charge in [0.25, 0.3) is 0 Å². The second kappa shape index (κ2) is 5.69. The number of carbonyl (C=O) groups excluding carboxylic acids is 2. The molecule has 0 spiro atoms. The van der Waals surface area contributed by atoms with Crippen molar-refractivity contribution in [2.75, 3.05) is 0 Å². The van der Waals surface area contributed by atoms with E-state index in [1.54, 1.807) is 18.2 Å². The first kappa shape index (κ1) is 12.7. The zero-order chi connectivity index (χ0) is 13.7. The summed E-state index contributed by atoms with van der Waals surface area (Å²) < 4.78 is 0. The van der Waals surface area contributed by atoms with Crippen molar-refractivity contribution in [2.45, 2.75) is 6.42 Å². The van der Waals surface area contributed by atoms with Crippen molar-refractivity contribution in [3.05, 3.63) is 59.8 Å². The standard InChI is InChI=1S/C15H10N2O2/c1-11-5-4-7-13(15(11)17-10-19)12-6-2-3-8-14(12)16-9-18/h2-4,6-8H,1,5H2. The van der Waals surface area contributed by atoms with Gasteiger partial charge in [-0.2, -0.15) is 9.98 Å². The molecule has 19 heavy (non-hydrogen) atoms. The molecule has 0 radical (unpaired) electrons. The normalized spacial score (nSPS) is 13.8. The maximum absolute atomic E-state index is 10.5. The van der Waals surface area contributed by atoms with Crippen molar-refractivity contribution >= 4 is 23.4 Å². The van der Waals surface area contributed by atoms with E-state index in [1.165, 1.54) is 12.2 Å². The van der Waals surface area contributed by atoms with Gasteiger partial charge in [-0.05, 0) is 18.1 Å². The molecular weight excluding hydrogens is 240 g/mol. The molecule has 4 heteroatoms. The molecule has 0 unspecified atom stereocenters. The molecule has 0 heterocycles. The molecular formula is C15H10N2O2. The van der Waals surface area contributed by atoms with Crippen molar-refractivity contribution < 1.29 is 9.59 Å². The van der Waals surface area contributed by atoms with Crippen LogP contribution < -0.4 is 0 Å². The molecule has 0 aliphatic heterocycles. The van der Waals surface area contributed by atoms with Crippen molar-refractivity contribution in [3.63, 3.8) is 0 Å². The second-order valence-corrected chi connectivity index (χ2v) is 3.90. The molecule has 4 nitrogen and oxygen atoms in total. The largest absolute Gasteiger partial charge is 0.240 e. The Morgan fingerprint density at radius 1 is 1.11 bits per heavy atom. The first-order chi connectivity index (χ1) is 9.27. The van der Waals surface area contributed by atoms with Gasteiger partial charge < -0.3 is 0 Å². The summed E-state index contributed by atoms with van der Waals surface area (Å²) in [5, 5.41) is 0. The van der Waals surface area contributed by atoms with E-state index < -0.39 is 0 Å². The molecule has 0 saturated carbocycles. The van der Waals surface area contributed by atoms with Gasteiger partial charge in [0.15, 0.2) is 0 Å². The number of rotatable bonds is 3. The number of hydrogen-bond acceptors (Lipinski definition) is 4. The fraction of sp³-hybridized carbons (Fsp3) is 0.0667. The molecule has 0 aromatic heterocycles. The van der Waals surface area contributed by atoms with E-state index in [4.69, 9.17) is 0 Å². The van der Waals surface area contributed by atoms with Crippen LogP contribution in [-0.4, -0.2) is 12.2 Å². The Labute approximate surface area is 110 Å². The number of para-hydroxylation sites is 1. The molecule has 1 aromatic rings. The summed E-state index contributed by atoms with van der Waals surface area (Å²) >= 11 is 0. The summed E-state index contributed by atoms with van der Waals surface area (Å²) in [4.78, 5) is 28.3. The Morgan fingerprint density at radius 3 is 2.58 bits per heavy atom. The van der Waals surface area contributed by atoms with Crippen molar-refractivity contribution in [2.24, 2.45) is 9.98 Å². The number of hydrogen-bond donors (Lipinski definition) is 0. The average molecular weight is 250 g/mol. The lowest BCUT2D eigenvalue weighted by molar-refractivity contribution is 0.564. The van der Waals surface area contributed by atoms with Crippen LogP contribution in [-0.2, 0) is 9.59 Å². The van der Waals surface area contributed by atoms with Gasteiger partial charge in [-0.25, -0.2) is 9.59 Å². The molecule has 92 valence electrons. The highest BCUT2D eigenvalue weighted by Crippen LogP contribution is 2.35. The van der Waals surface area contributed by atoms with Crippen LogP contribution in [0.25, 0.3) is 5.57 Å². The number of benzene rings is 1. The molecule has 1 aliphatic rings. The molecule has 1 aromatic carbocycles. The molecule has 1 aliphatic carbocycles. The smallest absolute Gasteiger partial charge is 0.211 e. The van der Waals surface area contributed by atoms with Gasteiger partial charge in [-0.1, -0.05) is 36.9 Å². The minimum atomic E-state index is 0.477. The van der Waals surface area contributed by atoms with Crippen LogP contribution in [0.2, 0.25) is 0 Å². The maximum atomic E-state index is 10.5. The van der Waals surface area contributed by atoms with Crippen LogP contribution in [0.15, 0.2) is 64.3 Å². The van der Waals surface area contributed by atoms with E-state index in [2.05, 4.69) is 16.6 Å². The molecule has 0 saturated heterocycles. The maximum Gasteiger partial charge on any atom is 0.240 e. The molecule has 0 bridgehead atoms. The van der Waals surface area contributed by atoms with Crippen LogP contribution in [0.1, 0.15) is 12.0 Å². The third kappa shape index (κ3) is 2.55. The van der Waals surface area contributed by atoms with Crippen LogP contribution in [0.3, 0.4) is 0 Å². The van der Waals surface area contributed by atoms with Crippen LogP contribution in [0.5, 0.6) is 0 Å². The van der Waals surface area contributed by atoms with Gasteiger partial charge in [0.05, 0.1) is 11.4 Å². The number of nitrogens with zero attached hydrogens (tertiary/aromatic N) is 2. The van der Waals surface area contributed by atoms with Gasteiger partial charge in [0.1, 0.15) is 0 Å². The lowest BCUT2D eigenvalue weighted by atomic mass is 9.93. The minimum Gasteiger partial charge on any atom is -0.211 e. The van der Waals surface area contributed by atoms with Gasteiger partial charge >= 0.3 is 0 Å². The molecule has 2 rings (SSSR count). The van der Waals surface area contributed by atoms with Crippen LogP contribution >= 0.6 is 0 Å². The number of allylic oxidation sites excluding steroid dienone is 4. The van der Waals surface area contributed by atoms with Gasteiger partial charge in [0, 0.05) is 11.1 Å². The topological polar surface area (TPSA) is 58.9 Å². The second-order valence-electron chi connectivity index (χ2n) is 3.90. The molecule has 0 N–H and O–H groups in total. The lowest BCUT2D eigenvalue weighted by Crippen LogP contribution is -1.96. The van der Waals surface area contributed by atoms with Gasteiger partial charge in [0.2, 0.25) is 12.2 Å². The predicted octanol–water partition coefficient (Wildman–Crippen LogP) is 3.22. The molecule has 0 fully saturated rings. The van der Waals surface area contributed by atoms with Gasteiger partial charge in [-0.3, -0.25) is 0 Å². The van der Waals surface area contributed by atoms with E-state index in [-0.39, 0.29) is 0 Å². The van der Waals surface area contributed by atoms with E-state index >= 15 is 0 Å². The monoisotopic (exact) mass is 250 g/mol. The predicted molar refractivity (Wildman–Crippen MR) is 72.2 cm³/mol. The SMILES string of the molecule is C=C1CC=CC(c2ccccc2N=C=O)=C1N=C=O. The Bertz CT molecular complexity index is 686. The van der Waals surface area contributed by atoms with E-state index in [0.29, 0.717) is 28.9 Å². The fourth-order valence-corrected chi connectivity index (χ4v) is 1.94. The summed E-state index contributed by atoms with van der Waals surface area (Å²) in [5.41, 5.74) is 3.09. The number of aliphatic imine (C=N–C) groups is 2. The third-order valence-electron chi connectivity index (χ3n) is 2.76. The van der Waals surface area contributed by atoms with Crippen molar-refractivity contribution in [1.82, 2.24) is 0 Å². The van der Waals surface area contributed by atoms with Gasteiger partial charge in [-0.15, -0.1) is 0 Å².